The van der Waals surface area contributed by atoms with E-state index in [1.165, 1.54) is 22.6 Å². The number of para-hydroxylation sites is 3. The predicted molar refractivity (Wildman–Crippen MR) is 90.6 cm³/mol. The third kappa shape index (κ3) is 2.74. The van der Waals surface area contributed by atoms with E-state index >= 15 is 0 Å². The van der Waals surface area contributed by atoms with Crippen molar-refractivity contribution in [3.63, 3.8) is 0 Å². The third-order valence-corrected chi connectivity index (χ3v) is 4.12. The highest BCUT2D eigenvalue weighted by Crippen LogP contribution is 2.39. The Kier molecular flexibility index (Phi) is 3.84. The largest absolute Gasteiger partial charge is 0.364 e. The number of likely N-dealkylation sites (N-methyl/N-ethyl adjacent to an activating group) is 1. The molecule has 0 aromatic heterocycles. The Balaban J connectivity index is 2.04. The normalized spacial score (nSPS) is 13.9. The lowest BCUT2D eigenvalue weighted by molar-refractivity contribution is 0.413. The second-order valence-corrected chi connectivity index (χ2v) is 5.90. The summed E-state index contributed by atoms with van der Waals surface area (Å²) in [6.45, 7) is 3.05. The molecule has 2 aromatic rings. The number of hydrogen-bond acceptors (Lipinski definition) is 3. The highest BCUT2D eigenvalue weighted by Gasteiger charge is 2.21. The molecule has 1 aliphatic rings. The summed E-state index contributed by atoms with van der Waals surface area (Å²) in [6, 6.07) is 17.4. The van der Waals surface area contributed by atoms with Crippen molar-refractivity contribution >= 4 is 17.1 Å². The molecule has 0 unspecified atom stereocenters. The number of fused-ring (bicyclic) bond motifs is 2. The fraction of sp³-hybridized carbons (Fsp3) is 0.333. The van der Waals surface area contributed by atoms with Gasteiger partial charge in [0.05, 0.1) is 11.4 Å². The van der Waals surface area contributed by atoms with Crippen molar-refractivity contribution in [1.82, 2.24) is 4.90 Å². The number of nitrogens with zero attached hydrogens (tertiary/aromatic N) is 3. The molecule has 3 heteroatoms. The molecule has 1 heterocycles. The second-order valence-electron chi connectivity index (χ2n) is 5.90. The molecule has 0 radical (unpaired) electrons. The Morgan fingerprint density at radius 3 is 2.24 bits per heavy atom. The molecular formula is C18H23N3. The van der Waals surface area contributed by atoms with E-state index < -0.39 is 0 Å². The van der Waals surface area contributed by atoms with Gasteiger partial charge in [0.2, 0.25) is 0 Å². The van der Waals surface area contributed by atoms with Crippen LogP contribution in [0.5, 0.6) is 0 Å². The Bertz CT molecular complexity index is 621. The molecule has 0 fully saturated rings. The van der Waals surface area contributed by atoms with Gasteiger partial charge in [0, 0.05) is 32.4 Å². The van der Waals surface area contributed by atoms with Gasteiger partial charge in [-0.05, 0) is 37.9 Å². The van der Waals surface area contributed by atoms with Crippen LogP contribution in [-0.2, 0) is 6.54 Å². The van der Waals surface area contributed by atoms with Gasteiger partial charge < -0.3 is 14.7 Å². The van der Waals surface area contributed by atoms with Crippen molar-refractivity contribution in [2.75, 3.05) is 44.0 Å². The molecule has 0 atom stereocenters. The van der Waals surface area contributed by atoms with Gasteiger partial charge in [-0.3, -0.25) is 0 Å². The maximum Gasteiger partial charge on any atom is 0.0646 e. The van der Waals surface area contributed by atoms with Gasteiger partial charge >= 0.3 is 0 Å². The van der Waals surface area contributed by atoms with E-state index in [4.69, 9.17) is 0 Å². The zero-order chi connectivity index (χ0) is 14.8. The molecule has 110 valence electrons. The van der Waals surface area contributed by atoms with Crippen LogP contribution in [0, 0.1) is 0 Å². The molecule has 2 aromatic carbocycles. The minimum atomic E-state index is 0.964. The lowest BCUT2D eigenvalue weighted by Gasteiger charge is -2.27. The van der Waals surface area contributed by atoms with Crippen molar-refractivity contribution < 1.29 is 0 Å². The topological polar surface area (TPSA) is 9.72 Å². The predicted octanol–water partition coefficient (Wildman–Crippen LogP) is 3.34. The first-order valence-electron chi connectivity index (χ1n) is 7.47. The third-order valence-electron chi connectivity index (χ3n) is 4.12. The first kappa shape index (κ1) is 14.0. The molecule has 3 rings (SSSR count). The molecular weight excluding hydrogens is 258 g/mol. The number of benzene rings is 2. The van der Waals surface area contributed by atoms with Crippen molar-refractivity contribution in [2.45, 2.75) is 6.54 Å². The van der Waals surface area contributed by atoms with Gasteiger partial charge in [-0.15, -0.1) is 0 Å². The summed E-state index contributed by atoms with van der Waals surface area (Å²) in [5, 5.41) is 0. The van der Waals surface area contributed by atoms with Crippen LogP contribution >= 0.6 is 0 Å². The minimum absolute atomic E-state index is 0.964. The summed E-state index contributed by atoms with van der Waals surface area (Å²) < 4.78 is 0. The maximum atomic E-state index is 2.48. The standard InChI is InChI=1S/C18H23N3/c1-19(2)12-13-21-14-15-8-4-5-9-16(15)20(3)17-10-6-7-11-18(17)21/h4-11H,12-14H2,1-3H3. The van der Waals surface area contributed by atoms with E-state index in [1.807, 2.05) is 0 Å². The van der Waals surface area contributed by atoms with Crippen LogP contribution < -0.4 is 9.80 Å². The van der Waals surface area contributed by atoms with Crippen molar-refractivity contribution in [3.05, 3.63) is 54.1 Å². The lowest BCUT2D eigenvalue weighted by Crippen LogP contribution is -2.31. The quantitative estimate of drug-likeness (QED) is 0.854. The van der Waals surface area contributed by atoms with E-state index in [2.05, 4.69) is 84.4 Å². The summed E-state index contributed by atoms with van der Waals surface area (Å²) in [4.78, 5) is 7.03. The fourth-order valence-electron chi connectivity index (χ4n) is 2.93. The first-order valence-corrected chi connectivity index (χ1v) is 7.47. The number of hydrogen-bond donors (Lipinski definition) is 0. The van der Waals surface area contributed by atoms with Crippen LogP contribution in [0.25, 0.3) is 0 Å². The first-order chi connectivity index (χ1) is 10.2. The molecule has 0 spiro atoms. The van der Waals surface area contributed by atoms with Gasteiger partial charge in [0.1, 0.15) is 0 Å². The van der Waals surface area contributed by atoms with E-state index in [1.54, 1.807) is 0 Å². The summed E-state index contributed by atoms with van der Waals surface area (Å²) >= 11 is 0. The molecule has 0 N–H and O–H groups in total. The van der Waals surface area contributed by atoms with Crippen LogP contribution in [0.1, 0.15) is 5.56 Å². The van der Waals surface area contributed by atoms with Gasteiger partial charge in [-0.1, -0.05) is 30.3 Å². The van der Waals surface area contributed by atoms with Gasteiger partial charge in [0.15, 0.2) is 0 Å². The van der Waals surface area contributed by atoms with Crippen LogP contribution in [-0.4, -0.2) is 39.1 Å². The molecule has 21 heavy (non-hydrogen) atoms. The summed E-state index contributed by atoms with van der Waals surface area (Å²) in [7, 11) is 6.42. The van der Waals surface area contributed by atoms with Gasteiger partial charge in [-0.25, -0.2) is 0 Å². The molecule has 0 bridgehead atoms. The second kappa shape index (κ2) is 5.78. The molecule has 0 saturated heterocycles. The van der Waals surface area contributed by atoms with E-state index in [9.17, 15) is 0 Å². The zero-order valence-corrected chi connectivity index (χ0v) is 13.1. The Labute approximate surface area is 127 Å². The van der Waals surface area contributed by atoms with E-state index in [0.717, 1.165) is 19.6 Å². The van der Waals surface area contributed by atoms with Crippen molar-refractivity contribution in [3.8, 4) is 0 Å². The van der Waals surface area contributed by atoms with E-state index in [-0.39, 0.29) is 0 Å². The maximum absolute atomic E-state index is 2.48. The lowest BCUT2D eigenvalue weighted by atomic mass is 10.1. The van der Waals surface area contributed by atoms with Gasteiger partial charge in [0.25, 0.3) is 0 Å². The van der Waals surface area contributed by atoms with Crippen LogP contribution in [0.15, 0.2) is 48.5 Å². The van der Waals surface area contributed by atoms with Crippen LogP contribution in [0.4, 0.5) is 17.1 Å². The molecule has 0 amide bonds. The monoisotopic (exact) mass is 281 g/mol. The summed E-state index contributed by atoms with van der Waals surface area (Å²) in [5.41, 5.74) is 5.28. The smallest absolute Gasteiger partial charge is 0.0646 e. The number of anilines is 3. The minimum Gasteiger partial charge on any atom is -0.364 e. The Morgan fingerprint density at radius 1 is 0.905 bits per heavy atom. The molecule has 1 aliphatic heterocycles. The van der Waals surface area contributed by atoms with Crippen LogP contribution in [0.2, 0.25) is 0 Å². The average molecular weight is 281 g/mol. The summed E-state index contributed by atoms with van der Waals surface area (Å²) in [6.07, 6.45) is 0. The molecule has 0 saturated carbocycles. The highest BCUT2D eigenvalue weighted by molar-refractivity contribution is 5.80. The SMILES string of the molecule is CN(C)CCN1Cc2ccccc2N(C)c2ccccc21. The fourth-order valence-corrected chi connectivity index (χ4v) is 2.93. The van der Waals surface area contributed by atoms with Gasteiger partial charge in [-0.2, -0.15) is 0 Å². The van der Waals surface area contributed by atoms with Crippen molar-refractivity contribution in [2.24, 2.45) is 0 Å². The zero-order valence-electron chi connectivity index (χ0n) is 13.1. The summed E-state index contributed by atoms with van der Waals surface area (Å²) in [5.74, 6) is 0. The highest BCUT2D eigenvalue weighted by atomic mass is 15.2. The van der Waals surface area contributed by atoms with E-state index in [0.29, 0.717) is 0 Å². The Morgan fingerprint density at radius 2 is 1.52 bits per heavy atom. The molecule has 3 nitrogen and oxygen atoms in total. The number of rotatable bonds is 3. The Hall–Kier alpha value is -2.00. The average Bonchev–Trinajstić information content (AvgIpc) is 2.62. The molecule has 0 aliphatic carbocycles. The van der Waals surface area contributed by atoms with Crippen molar-refractivity contribution in [1.29, 1.82) is 0 Å². The van der Waals surface area contributed by atoms with Crippen LogP contribution in [0.3, 0.4) is 0 Å².